The largest absolute Gasteiger partial charge is 0.449 e. The molecule has 1 atom stereocenters. The lowest BCUT2D eigenvalue weighted by Gasteiger charge is -2.19. The SMILES string of the molecule is Cc1noc(C)c1C(=O)O[C@H](C)C(=O)NC1CCCCCC1. The number of hydrogen-bond donors (Lipinski definition) is 1. The van der Waals surface area contributed by atoms with Crippen molar-refractivity contribution in [2.45, 2.75) is 71.4 Å². The van der Waals surface area contributed by atoms with Gasteiger partial charge in [0, 0.05) is 6.04 Å². The lowest BCUT2D eigenvalue weighted by atomic mass is 10.1. The molecular formula is C16H24N2O4. The average Bonchev–Trinajstić information content (AvgIpc) is 2.67. The maximum Gasteiger partial charge on any atom is 0.344 e. The van der Waals surface area contributed by atoms with Crippen molar-refractivity contribution in [3.05, 3.63) is 17.0 Å². The molecule has 22 heavy (non-hydrogen) atoms. The summed E-state index contributed by atoms with van der Waals surface area (Å²) >= 11 is 0. The summed E-state index contributed by atoms with van der Waals surface area (Å²) in [7, 11) is 0. The highest BCUT2D eigenvalue weighted by atomic mass is 16.5. The number of nitrogens with zero attached hydrogens (tertiary/aromatic N) is 1. The Morgan fingerprint density at radius 3 is 2.41 bits per heavy atom. The second-order valence-corrected chi connectivity index (χ2v) is 5.94. The van der Waals surface area contributed by atoms with Gasteiger partial charge in [0.15, 0.2) is 6.10 Å². The van der Waals surface area contributed by atoms with E-state index in [0.29, 0.717) is 17.0 Å². The number of hydrogen-bond acceptors (Lipinski definition) is 5. The molecular weight excluding hydrogens is 284 g/mol. The first kappa shape index (κ1) is 16.5. The van der Waals surface area contributed by atoms with Crippen LogP contribution in [-0.2, 0) is 9.53 Å². The fraction of sp³-hybridized carbons (Fsp3) is 0.688. The highest BCUT2D eigenvalue weighted by Gasteiger charge is 2.25. The van der Waals surface area contributed by atoms with Gasteiger partial charge in [-0.05, 0) is 33.6 Å². The quantitative estimate of drug-likeness (QED) is 0.683. The molecule has 1 aromatic rings. The van der Waals surface area contributed by atoms with Crippen LogP contribution in [0.25, 0.3) is 0 Å². The summed E-state index contributed by atoms with van der Waals surface area (Å²) in [4.78, 5) is 24.3. The summed E-state index contributed by atoms with van der Waals surface area (Å²) in [6.07, 6.45) is 5.89. The third kappa shape index (κ3) is 4.08. The molecule has 0 saturated heterocycles. The van der Waals surface area contributed by atoms with Crippen molar-refractivity contribution < 1.29 is 18.8 Å². The number of aromatic nitrogens is 1. The fourth-order valence-corrected chi connectivity index (χ4v) is 2.79. The maximum absolute atomic E-state index is 12.2. The zero-order chi connectivity index (χ0) is 16.1. The highest BCUT2D eigenvalue weighted by molar-refractivity contribution is 5.93. The van der Waals surface area contributed by atoms with Gasteiger partial charge in [0.05, 0.1) is 5.69 Å². The smallest absolute Gasteiger partial charge is 0.344 e. The predicted octanol–water partition coefficient (Wildman–Crippen LogP) is 2.68. The normalized spacial score (nSPS) is 17.6. The Labute approximate surface area is 130 Å². The Hall–Kier alpha value is -1.85. The topological polar surface area (TPSA) is 81.4 Å². The Bertz CT molecular complexity index is 511. The highest BCUT2D eigenvalue weighted by Crippen LogP contribution is 2.18. The molecule has 1 N–H and O–H groups in total. The number of rotatable bonds is 4. The van der Waals surface area contributed by atoms with Gasteiger partial charge >= 0.3 is 5.97 Å². The molecule has 0 aliphatic heterocycles. The van der Waals surface area contributed by atoms with Crippen LogP contribution >= 0.6 is 0 Å². The Morgan fingerprint density at radius 2 is 1.86 bits per heavy atom. The minimum Gasteiger partial charge on any atom is -0.449 e. The number of carbonyl (C=O) groups excluding carboxylic acids is 2. The van der Waals surface area contributed by atoms with Crippen molar-refractivity contribution in [1.29, 1.82) is 0 Å². The first-order chi connectivity index (χ1) is 10.5. The van der Waals surface area contributed by atoms with Gasteiger partial charge in [-0.15, -0.1) is 0 Å². The number of amides is 1. The summed E-state index contributed by atoms with van der Waals surface area (Å²) in [6.45, 7) is 4.90. The van der Waals surface area contributed by atoms with Gasteiger partial charge in [-0.2, -0.15) is 0 Å². The number of esters is 1. The van der Waals surface area contributed by atoms with E-state index >= 15 is 0 Å². The van der Waals surface area contributed by atoms with Gasteiger partial charge in [0.2, 0.25) is 0 Å². The standard InChI is InChI=1S/C16H24N2O4/c1-10-14(11(2)22-18-10)16(20)21-12(3)15(19)17-13-8-6-4-5-7-9-13/h12-13H,4-9H2,1-3H3,(H,17,19)/t12-/m1/s1. The number of carbonyl (C=O) groups is 2. The Kier molecular flexibility index (Phi) is 5.57. The molecule has 1 saturated carbocycles. The van der Waals surface area contributed by atoms with Crippen molar-refractivity contribution >= 4 is 11.9 Å². The average molecular weight is 308 g/mol. The molecule has 1 aliphatic rings. The van der Waals surface area contributed by atoms with Gasteiger partial charge in [0.1, 0.15) is 11.3 Å². The third-order valence-electron chi connectivity index (χ3n) is 4.09. The van der Waals surface area contributed by atoms with Crippen LogP contribution in [0.2, 0.25) is 0 Å². The first-order valence-electron chi connectivity index (χ1n) is 7.93. The van der Waals surface area contributed by atoms with Crippen molar-refractivity contribution in [2.24, 2.45) is 0 Å². The monoisotopic (exact) mass is 308 g/mol. The van der Waals surface area contributed by atoms with Crippen LogP contribution in [0, 0.1) is 13.8 Å². The first-order valence-corrected chi connectivity index (χ1v) is 7.93. The van der Waals surface area contributed by atoms with Crippen LogP contribution in [-0.4, -0.2) is 29.2 Å². The zero-order valence-corrected chi connectivity index (χ0v) is 13.5. The number of aryl methyl sites for hydroxylation is 2. The van der Waals surface area contributed by atoms with E-state index in [1.807, 2.05) is 0 Å². The van der Waals surface area contributed by atoms with Gasteiger partial charge in [-0.3, -0.25) is 4.79 Å². The van der Waals surface area contributed by atoms with E-state index in [0.717, 1.165) is 25.7 Å². The van der Waals surface area contributed by atoms with Crippen LogP contribution in [0.5, 0.6) is 0 Å². The summed E-state index contributed by atoms with van der Waals surface area (Å²) in [5.74, 6) is -0.411. The molecule has 1 aliphatic carbocycles. The second kappa shape index (κ2) is 7.42. The van der Waals surface area contributed by atoms with Gasteiger partial charge < -0.3 is 14.6 Å². The molecule has 0 bridgehead atoms. The Balaban J connectivity index is 1.89. The van der Waals surface area contributed by atoms with Crippen molar-refractivity contribution in [3.8, 4) is 0 Å². The van der Waals surface area contributed by atoms with Crippen LogP contribution in [0.4, 0.5) is 0 Å². The van der Waals surface area contributed by atoms with Gasteiger partial charge in [-0.1, -0.05) is 30.8 Å². The van der Waals surface area contributed by atoms with E-state index in [-0.39, 0.29) is 11.9 Å². The zero-order valence-electron chi connectivity index (χ0n) is 13.5. The number of nitrogens with one attached hydrogen (secondary N) is 1. The van der Waals surface area contributed by atoms with E-state index in [2.05, 4.69) is 10.5 Å². The molecule has 6 nitrogen and oxygen atoms in total. The molecule has 1 fully saturated rings. The summed E-state index contributed by atoms with van der Waals surface area (Å²) in [5.41, 5.74) is 0.771. The molecule has 0 spiro atoms. The fourth-order valence-electron chi connectivity index (χ4n) is 2.79. The van der Waals surface area contributed by atoms with Crippen molar-refractivity contribution in [3.63, 3.8) is 0 Å². The van der Waals surface area contributed by atoms with E-state index < -0.39 is 12.1 Å². The molecule has 122 valence electrons. The molecule has 6 heteroatoms. The van der Waals surface area contributed by atoms with Crippen LogP contribution in [0.3, 0.4) is 0 Å². The lowest BCUT2D eigenvalue weighted by molar-refractivity contribution is -0.129. The number of ether oxygens (including phenoxy) is 1. The Morgan fingerprint density at radius 1 is 1.23 bits per heavy atom. The molecule has 2 rings (SSSR count). The predicted molar refractivity (Wildman–Crippen MR) is 80.5 cm³/mol. The van der Waals surface area contributed by atoms with E-state index in [4.69, 9.17) is 9.26 Å². The van der Waals surface area contributed by atoms with Crippen LogP contribution < -0.4 is 5.32 Å². The van der Waals surface area contributed by atoms with E-state index in [9.17, 15) is 9.59 Å². The van der Waals surface area contributed by atoms with E-state index in [1.54, 1.807) is 20.8 Å². The molecule has 0 radical (unpaired) electrons. The molecule has 0 aromatic carbocycles. The van der Waals surface area contributed by atoms with Crippen LogP contribution in [0.1, 0.15) is 67.3 Å². The summed E-state index contributed by atoms with van der Waals surface area (Å²) in [5, 5.41) is 6.70. The molecule has 1 aromatic heterocycles. The molecule has 1 heterocycles. The summed E-state index contributed by atoms with van der Waals surface area (Å²) < 4.78 is 10.2. The van der Waals surface area contributed by atoms with Crippen LogP contribution in [0.15, 0.2) is 4.52 Å². The minimum absolute atomic E-state index is 0.190. The lowest BCUT2D eigenvalue weighted by Crippen LogP contribution is -2.41. The summed E-state index contributed by atoms with van der Waals surface area (Å²) in [6, 6.07) is 0.190. The second-order valence-electron chi connectivity index (χ2n) is 5.94. The minimum atomic E-state index is -0.829. The maximum atomic E-state index is 12.2. The van der Waals surface area contributed by atoms with Crippen molar-refractivity contribution in [1.82, 2.24) is 10.5 Å². The third-order valence-corrected chi connectivity index (χ3v) is 4.09. The molecule has 1 amide bonds. The van der Waals surface area contributed by atoms with Crippen molar-refractivity contribution in [2.75, 3.05) is 0 Å². The molecule has 0 unspecified atom stereocenters. The van der Waals surface area contributed by atoms with Gasteiger partial charge in [-0.25, -0.2) is 4.79 Å². The van der Waals surface area contributed by atoms with E-state index in [1.165, 1.54) is 12.8 Å². The van der Waals surface area contributed by atoms with Gasteiger partial charge in [0.25, 0.3) is 5.91 Å².